The van der Waals surface area contributed by atoms with Crippen molar-refractivity contribution < 1.29 is 0 Å². The Labute approximate surface area is 133 Å². The largest absolute Gasteiger partial charge is 0.312 e. The second kappa shape index (κ2) is 7.15. The van der Waals surface area contributed by atoms with Crippen molar-refractivity contribution in [3.63, 3.8) is 0 Å². The van der Waals surface area contributed by atoms with Gasteiger partial charge in [0.2, 0.25) is 0 Å². The van der Waals surface area contributed by atoms with E-state index >= 15 is 0 Å². The van der Waals surface area contributed by atoms with E-state index in [-0.39, 0.29) is 0 Å². The molecule has 1 N–H and O–H groups in total. The SMILES string of the molecule is CNC(CSc1ccc(C)c(C)c1)c1ccc(C)c(C)c1. The van der Waals surface area contributed by atoms with Gasteiger partial charge in [0.15, 0.2) is 0 Å². The van der Waals surface area contributed by atoms with Crippen molar-refractivity contribution in [1.82, 2.24) is 5.32 Å². The van der Waals surface area contributed by atoms with Gasteiger partial charge in [0.05, 0.1) is 0 Å². The number of aryl methyl sites for hydroxylation is 4. The van der Waals surface area contributed by atoms with Gasteiger partial charge in [-0.3, -0.25) is 0 Å². The molecule has 2 rings (SSSR count). The predicted molar refractivity (Wildman–Crippen MR) is 94.4 cm³/mol. The molecule has 0 fully saturated rings. The van der Waals surface area contributed by atoms with Crippen molar-refractivity contribution in [3.8, 4) is 0 Å². The Bertz CT molecular complexity index is 619. The van der Waals surface area contributed by atoms with Crippen LogP contribution in [0.2, 0.25) is 0 Å². The van der Waals surface area contributed by atoms with Crippen molar-refractivity contribution >= 4 is 11.8 Å². The monoisotopic (exact) mass is 299 g/mol. The molecule has 2 aromatic carbocycles. The van der Waals surface area contributed by atoms with Crippen LogP contribution in [-0.4, -0.2) is 12.8 Å². The van der Waals surface area contributed by atoms with Gasteiger partial charge >= 0.3 is 0 Å². The summed E-state index contributed by atoms with van der Waals surface area (Å²) in [4.78, 5) is 1.35. The lowest BCUT2D eigenvalue weighted by molar-refractivity contribution is 0.661. The molecule has 1 atom stereocenters. The number of hydrogen-bond donors (Lipinski definition) is 1. The zero-order valence-corrected chi connectivity index (χ0v) is 14.5. The second-order valence-corrected chi connectivity index (χ2v) is 6.84. The molecular formula is C19H25NS. The van der Waals surface area contributed by atoms with Crippen LogP contribution < -0.4 is 5.32 Å². The molecule has 0 spiro atoms. The first-order valence-electron chi connectivity index (χ1n) is 7.45. The van der Waals surface area contributed by atoms with Crippen molar-refractivity contribution in [2.75, 3.05) is 12.8 Å². The molecule has 0 aliphatic heterocycles. The van der Waals surface area contributed by atoms with E-state index in [0.717, 1.165) is 5.75 Å². The first kappa shape index (κ1) is 16.1. The van der Waals surface area contributed by atoms with Gasteiger partial charge in [0, 0.05) is 16.7 Å². The van der Waals surface area contributed by atoms with Crippen LogP contribution >= 0.6 is 11.8 Å². The van der Waals surface area contributed by atoms with Gasteiger partial charge in [-0.25, -0.2) is 0 Å². The van der Waals surface area contributed by atoms with Crippen LogP contribution in [0.3, 0.4) is 0 Å². The lowest BCUT2D eigenvalue weighted by atomic mass is 10.0. The molecule has 0 aromatic heterocycles. The molecular weight excluding hydrogens is 274 g/mol. The molecule has 0 aliphatic carbocycles. The highest BCUT2D eigenvalue weighted by atomic mass is 32.2. The Balaban J connectivity index is 2.08. The van der Waals surface area contributed by atoms with E-state index < -0.39 is 0 Å². The highest BCUT2D eigenvalue weighted by molar-refractivity contribution is 7.99. The van der Waals surface area contributed by atoms with E-state index in [0.29, 0.717) is 6.04 Å². The summed E-state index contributed by atoms with van der Waals surface area (Å²) in [5.41, 5.74) is 6.82. The Morgan fingerprint density at radius 1 is 0.857 bits per heavy atom. The molecule has 2 heteroatoms. The average molecular weight is 299 g/mol. The maximum atomic E-state index is 3.44. The van der Waals surface area contributed by atoms with Crippen LogP contribution in [0.25, 0.3) is 0 Å². The fraction of sp³-hybridized carbons (Fsp3) is 0.368. The van der Waals surface area contributed by atoms with Crippen LogP contribution in [-0.2, 0) is 0 Å². The maximum Gasteiger partial charge on any atom is 0.0413 e. The first-order valence-corrected chi connectivity index (χ1v) is 8.44. The van der Waals surface area contributed by atoms with Gasteiger partial charge < -0.3 is 5.32 Å². The van der Waals surface area contributed by atoms with Crippen molar-refractivity contribution in [3.05, 3.63) is 64.2 Å². The molecule has 21 heavy (non-hydrogen) atoms. The zero-order chi connectivity index (χ0) is 15.4. The van der Waals surface area contributed by atoms with Crippen LogP contribution in [0.1, 0.15) is 33.9 Å². The molecule has 0 radical (unpaired) electrons. The Kier molecular flexibility index (Phi) is 5.49. The Hall–Kier alpha value is -1.25. The highest BCUT2D eigenvalue weighted by Crippen LogP contribution is 2.27. The minimum atomic E-state index is 0.385. The normalized spacial score (nSPS) is 12.4. The Morgan fingerprint density at radius 3 is 2.05 bits per heavy atom. The van der Waals surface area contributed by atoms with Crippen LogP contribution in [0, 0.1) is 27.7 Å². The van der Waals surface area contributed by atoms with Crippen molar-refractivity contribution in [1.29, 1.82) is 0 Å². The fourth-order valence-corrected chi connectivity index (χ4v) is 3.45. The number of hydrogen-bond acceptors (Lipinski definition) is 2. The summed E-state index contributed by atoms with van der Waals surface area (Å²) in [5.74, 6) is 1.04. The van der Waals surface area contributed by atoms with Crippen molar-refractivity contribution in [2.45, 2.75) is 38.6 Å². The van der Waals surface area contributed by atoms with Gasteiger partial charge in [-0.15, -0.1) is 11.8 Å². The predicted octanol–water partition coefficient (Wildman–Crippen LogP) is 4.97. The minimum Gasteiger partial charge on any atom is -0.312 e. The fourth-order valence-electron chi connectivity index (χ4n) is 2.31. The Morgan fingerprint density at radius 2 is 1.48 bits per heavy atom. The van der Waals surface area contributed by atoms with E-state index in [2.05, 4.69) is 69.4 Å². The van der Waals surface area contributed by atoms with E-state index in [1.165, 1.54) is 32.7 Å². The van der Waals surface area contributed by atoms with Crippen LogP contribution in [0.4, 0.5) is 0 Å². The summed E-state index contributed by atoms with van der Waals surface area (Å²) in [6.45, 7) is 8.69. The molecule has 112 valence electrons. The average Bonchev–Trinajstić information content (AvgIpc) is 2.47. The van der Waals surface area contributed by atoms with Crippen molar-refractivity contribution in [2.24, 2.45) is 0 Å². The highest BCUT2D eigenvalue weighted by Gasteiger charge is 2.11. The summed E-state index contributed by atoms with van der Waals surface area (Å²) >= 11 is 1.92. The number of rotatable bonds is 5. The van der Waals surface area contributed by atoms with E-state index in [1.54, 1.807) is 0 Å². The second-order valence-electron chi connectivity index (χ2n) is 5.74. The third kappa shape index (κ3) is 4.12. The smallest absolute Gasteiger partial charge is 0.0413 e. The molecule has 0 saturated heterocycles. The molecule has 1 nitrogen and oxygen atoms in total. The van der Waals surface area contributed by atoms with Crippen LogP contribution in [0.15, 0.2) is 41.3 Å². The lowest BCUT2D eigenvalue weighted by Gasteiger charge is -2.18. The summed E-state index contributed by atoms with van der Waals surface area (Å²) in [5, 5.41) is 3.44. The van der Waals surface area contributed by atoms with Gasteiger partial charge in [0.25, 0.3) is 0 Å². The molecule has 0 saturated carbocycles. The summed E-state index contributed by atoms with van der Waals surface area (Å²) in [6.07, 6.45) is 0. The number of nitrogens with one attached hydrogen (secondary N) is 1. The third-order valence-electron chi connectivity index (χ3n) is 4.18. The molecule has 0 aliphatic rings. The minimum absolute atomic E-state index is 0.385. The molecule has 0 amide bonds. The topological polar surface area (TPSA) is 12.0 Å². The van der Waals surface area contributed by atoms with E-state index in [4.69, 9.17) is 0 Å². The zero-order valence-electron chi connectivity index (χ0n) is 13.7. The van der Waals surface area contributed by atoms with Gasteiger partial charge in [0.1, 0.15) is 0 Å². The quantitative estimate of drug-likeness (QED) is 0.782. The van der Waals surface area contributed by atoms with E-state index in [9.17, 15) is 0 Å². The van der Waals surface area contributed by atoms with Gasteiger partial charge in [-0.05, 0) is 74.7 Å². The summed E-state index contributed by atoms with van der Waals surface area (Å²) < 4.78 is 0. The third-order valence-corrected chi connectivity index (χ3v) is 5.26. The number of benzene rings is 2. The summed E-state index contributed by atoms with van der Waals surface area (Å²) in [6, 6.07) is 13.9. The molecule has 1 unspecified atom stereocenters. The van der Waals surface area contributed by atoms with E-state index in [1.807, 2.05) is 18.8 Å². The van der Waals surface area contributed by atoms with Crippen LogP contribution in [0.5, 0.6) is 0 Å². The van der Waals surface area contributed by atoms with Gasteiger partial charge in [-0.1, -0.05) is 24.3 Å². The standard InChI is InChI=1S/C19H25NS/c1-13-6-8-17(10-15(13)3)19(20-5)12-21-18-9-7-14(2)16(4)11-18/h6-11,19-20H,12H2,1-5H3. The van der Waals surface area contributed by atoms with Gasteiger partial charge in [-0.2, -0.15) is 0 Å². The molecule has 0 bridgehead atoms. The first-order chi connectivity index (χ1) is 10.0. The number of thioether (sulfide) groups is 1. The molecule has 2 aromatic rings. The lowest BCUT2D eigenvalue weighted by Crippen LogP contribution is -2.18. The summed E-state index contributed by atoms with van der Waals surface area (Å²) in [7, 11) is 2.04. The molecule has 0 heterocycles. The maximum absolute atomic E-state index is 3.44.